The molecule has 0 aliphatic rings. The molecule has 1 aromatic rings. The molecular weight excluding hydrogens is 360 g/mol. The first kappa shape index (κ1) is 15.6. The van der Waals surface area contributed by atoms with Gasteiger partial charge in [0.15, 0.2) is 0 Å². The first-order valence-electron chi connectivity index (χ1n) is 5.34. The average Bonchev–Trinajstić information content (AvgIpc) is 2.34. The number of halogens is 4. The van der Waals surface area contributed by atoms with Crippen molar-refractivity contribution in [2.24, 2.45) is 0 Å². The maximum atomic E-state index is 12.0. The highest BCUT2D eigenvalue weighted by Crippen LogP contribution is 2.25. The van der Waals surface area contributed by atoms with Crippen molar-refractivity contribution < 1.29 is 22.6 Å². The summed E-state index contributed by atoms with van der Waals surface area (Å²) in [6.45, 7) is -0.316. The van der Waals surface area contributed by atoms with E-state index in [0.29, 0.717) is 10.2 Å². The van der Waals surface area contributed by atoms with Crippen molar-refractivity contribution in [3.63, 3.8) is 0 Å². The maximum absolute atomic E-state index is 12.0. The predicted octanol–water partition coefficient (Wildman–Crippen LogP) is 4.14. The van der Waals surface area contributed by atoms with Gasteiger partial charge in [-0.15, -0.1) is 0 Å². The molecule has 1 aromatic carbocycles. The Kier molecular flexibility index (Phi) is 6.20. The average molecular weight is 374 g/mol. The minimum atomic E-state index is -4.17. The van der Waals surface area contributed by atoms with E-state index in [4.69, 9.17) is 9.47 Å². The van der Waals surface area contributed by atoms with Crippen molar-refractivity contribution in [2.45, 2.75) is 18.7 Å². The van der Waals surface area contributed by atoms with Crippen LogP contribution in [-0.2, 0) is 4.74 Å². The van der Waals surface area contributed by atoms with Crippen molar-refractivity contribution in [3.05, 3.63) is 29.8 Å². The van der Waals surface area contributed by atoms with Gasteiger partial charge in [0.2, 0.25) is 0 Å². The van der Waals surface area contributed by atoms with Crippen molar-refractivity contribution >= 4 is 22.6 Å². The van der Waals surface area contributed by atoms with E-state index >= 15 is 0 Å². The molecular formula is C12H14F3IO2. The van der Waals surface area contributed by atoms with Gasteiger partial charge in [0.05, 0.1) is 26.2 Å². The summed E-state index contributed by atoms with van der Waals surface area (Å²) >= 11 is 2.09. The molecule has 0 heterocycles. The highest BCUT2D eigenvalue weighted by molar-refractivity contribution is 14.1. The van der Waals surface area contributed by atoms with Crippen molar-refractivity contribution in [2.75, 3.05) is 18.1 Å². The van der Waals surface area contributed by atoms with Crippen molar-refractivity contribution in [1.82, 2.24) is 0 Å². The standard InChI is InChI=1S/C12H14F3IO2/c1-17-10-4-2-9(3-5-10)11(8-16)18-7-6-12(13,14)15/h2-5,11H,6-8H2,1H3. The minimum absolute atomic E-state index is 0.316. The molecule has 1 rings (SSSR count). The Morgan fingerprint density at radius 1 is 1.22 bits per heavy atom. The van der Waals surface area contributed by atoms with E-state index in [-0.39, 0.29) is 12.7 Å². The topological polar surface area (TPSA) is 18.5 Å². The molecule has 0 aliphatic carbocycles. The van der Waals surface area contributed by atoms with Crippen LogP contribution in [0, 0.1) is 0 Å². The van der Waals surface area contributed by atoms with E-state index in [1.165, 1.54) is 0 Å². The van der Waals surface area contributed by atoms with Gasteiger partial charge in [0.25, 0.3) is 0 Å². The zero-order valence-corrected chi connectivity index (χ0v) is 12.0. The molecule has 0 spiro atoms. The molecule has 2 nitrogen and oxygen atoms in total. The molecule has 0 saturated heterocycles. The molecule has 0 radical (unpaired) electrons. The van der Waals surface area contributed by atoms with E-state index in [1.54, 1.807) is 31.4 Å². The van der Waals surface area contributed by atoms with Crippen LogP contribution in [0.2, 0.25) is 0 Å². The van der Waals surface area contributed by atoms with Crippen LogP contribution >= 0.6 is 22.6 Å². The van der Waals surface area contributed by atoms with E-state index in [1.807, 2.05) is 0 Å². The third kappa shape index (κ3) is 5.43. The number of ether oxygens (including phenoxy) is 2. The molecule has 18 heavy (non-hydrogen) atoms. The fourth-order valence-electron chi connectivity index (χ4n) is 1.37. The van der Waals surface area contributed by atoms with E-state index in [9.17, 15) is 13.2 Å². The van der Waals surface area contributed by atoms with Gasteiger partial charge in [-0.25, -0.2) is 0 Å². The summed E-state index contributed by atoms with van der Waals surface area (Å²) < 4.78 is 46.9. The quantitative estimate of drug-likeness (QED) is 0.551. The predicted molar refractivity (Wildman–Crippen MR) is 71.2 cm³/mol. The van der Waals surface area contributed by atoms with Crippen LogP contribution < -0.4 is 4.74 Å². The molecule has 0 amide bonds. The fraction of sp³-hybridized carbons (Fsp3) is 0.500. The SMILES string of the molecule is COc1ccc(C(CI)OCCC(F)(F)F)cc1. The van der Waals surface area contributed by atoms with Gasteiger partial charge in [0, 0.05) is 4.43 Å². The van der Waals surface area contributed by atoms with Gasteiger partial charge in [-0.2, -0.15) is 13.2 Å². The number of hydrogen-bond acceptors (Lipinski definition) is 2. The molecule has 102 valence electrons. The van der Waals surface area contributed by atoms with E-state index in [0.717, 1.165) is 5.56 Å². The van der Waals surface area contributed by atoms with Crippen LogP contribution in [0.4, 0.5) is 13.2 Å². The summed E-state index contributed by atoms with van der Waals surface area (Å²) in [6.07, 6.45) is -5.41. The number of rotatable bonds is 6. The lowest BCUT2D eigenvalue weighted by molar-refractivity contribution is -0.148. The number of benzene rings is 1. The van der Waals surface area contributed by atoms with Gasteiger partial charge in [-0.1, -0.05) is 34.7 Å². The second kappa shape index (κ2) is 7.18. The third-order valence-corrected chi connectivity index (χ3v) is 3.13. The van der Waals surface area contributed by atoms with Crippen LogP contribution in [0.1, 0.15) is 18.1 Å². The van der Waals surface area contributed by atoms with Crippen LogP contribution in [-0.4, -0.2) is 24.3 Å². The van der Waals surface area contributed by atoms with Gasteiger partial charge < -0.3 is 9.47 Å². The van der Waals surface area contributed by atoms with Crippen LogP contribution in [0.25, 0.3) is 0 Å². The molecule has 1 atom stereocenters. The van der Waals surface area contributed by atoms with Gasteiger partial charge in [-0.05, 0) is 17.7 Å². The summed E-state index contributed by atoms with van der Waals surface area (Å²) in [7, 11) is 1.56. The summed E-state index contributed by atoms with van der Waals surface area (Å²) in [5, 5.41) is 0. The molecule has 1 unspecified atom stereocenters. The summed E-state index contributed by atoms with van der Waals surface area (Å²) in [5.41, 5.74) is 0.854. The first-order chi connectivity index (χ1) is 8.46. The largest absolute Gasteiger partial charge is 0.497 e. The molecule has 0 aromatic heterocycles. The molecule has 0 saturated carbocycles. The Morgan fingerprint density at radius 3 is 2.28 bits per heavy atom. The Hall–Kier alpha value is -0.500. The Bertz CT molecular complexity index is 351. The molecule has 0 fully saturated rings. The van der Waals surface area contributed by atoms with Crippen LogP contribution in [0.15, 0.2) is 24.3 Å². The van der Waals surface area contributed by atoms with Gasteiger partial charge in [0.1, 0.15) is 5.75 Å². The lowest BCUT2D eigenvalue weighted by Gasteiger charge is -2.17. The number of methoxy groups -OCH3 is 1. The molecule has 0 bridgehead atoms. The second-order valence-electron chi connectivity index (χ2n) is 3.65. The molecule has 0 aliphatic heterocycles. The zero-order chi connectivity index (χ0) is 13.6. The van der Waals surface area contributed by atoms with Gasteiger partial charge >= 0.3 is 6.18 Å². The Labute approximate surface area is 118 Å². The highest BCUT2D eigenvalue weighted by atomic mass is 127. The molecule has 0 N–H and O–H groups in total. The Balaban J connectivity index is 2.54. The maximum Gasteiger partial charge on any atom is 0.391 e. The summed E-state index contributed by atoms with van der Waals surface area (Å²) in [5.74, 6) is 0.709. The van der Waals surface area contributed by atoms with E-state index < -0.39 is 12.6 Å². The monoisotopic (exact) mass is 374 g/mol. The smallest absolute Gasteiger partial charge is 0.391 e. The van der Waals surface area contributed by atoms with Gasteiger partial charge in [-0.3, -0.25) is 0 Å². The zero-order valence-electron chi connectivity index (χ0n) is 9.84. The fourth-order valence-corrected chi connectivity index (χ4v) is 2.13. The molecule has 6 heteroatoms. The second-order valence-corrected chi connectivity index (χ2v) is 4.53. The minimum Gasteiger partial charge on any atom is -0.497 e. The number of alkyl halides is 4. The number of hydrogen-bond donors (Lipinski definition) is 0. The normalized spacial score (nSPS) is 13.4. The van der Waals surface area contributed by atoms with Crippen molar-refractivity contribution in [3.8, 4) is 5.75 Å². The summed E-state index contributed by atoms with van der Waals surface area (Å²) in [4.78, 5) is 0. The lowest BCUT2D eigenvalue weighted by Crippen LogP contribution is -2.14. The third-order valence-electron chi connectivity index (χ3n) is 2.33. The van der Waals surface area contributed by atoms with Crippen molar-refractivity contribution in [1.29, 1.82) is 0 Å². The van der Waals surface area contributed by atoms with E-state index in [2.05, 4.69) is 22.6 Å². The Morgan fingerprint density at radius 2 is 1.83 bits per heavy atom. The lowest BCUT2D eigenvalue weighted by atomic mass is 10.1. The van der Waals surface area contributed by atoms with Crippen LogP contribution in [0.5, 0.6) is 5.75 Å². The first-order valence-corrected chi connectivity index (χ1v) is 6.87. The summed E-state index contributed by atoms with van der Waals surface area (Å²) in [6, 6.07) is 7.13. The highest BCUT2D eigenvalue weighted by Gasteiger charge is 2.27. The van der Waals surface area contributed by atoms with Crippen LogP contribution in [0.3, 0.4) is 0 Å².